The molecule has 0 spiro atoms. The van der Waals surface area contributed by atoms with Gasteiger partial charge in [0, 0.05) is 15.5 Å². The Bertz CT molecular complexity index is 557. The molecule has 0 aliphatic carbocycles. The number of halogens is 2. The van der Waals surface area contributed by atoms with Crippen molar-refractivity contribution in [1.82, 2.24) is 0 Å². The Hall–Kier alpha value is -1.19. The van der Waals surface area contributed by atoms with Gasteiger partial charge in [0.05, 0.1) is 12.8 Å². The number of anilines is 1. The van der Waals surface area contributed by atoms with Gasteiger partial charge in [-0.15, -0.1) is 0 Å². The molecule has 0 bridgehead atoms. The Kier molecular flexibility index (Phi) is 4.72. The summed E-state index contributed by atoms with van der Waals surface area (Å²) in [7, 11) is 1.65. The molecule has 0 heterocycles. The van der Waals surface area contributed by atoms with Gasteiger partial charge in [-0.3, -0.25) is 0 Å². The summed E-state index contributed by atoms with van der Waals surface area (Å²) in [5.41, 5.74) is 2.09. The van der Waals surface area contributed by atoms with Crippen LogP contribution >= 0.6 is 27.5 Å². The third-order valence-electron chi connectivity index (χ3n) is 2.90. The highest BCUT2D eigenvalue weighted by Gasteiger charge is 2.09. The van der Waals surface area contributed by atoms with Crippen molar-refractivity contribution in [1.29, 1.82) is 0 Å². The van der Waals surface area contributed by atoms with Crippen LogP contribution in [0.4, 0.5) is 5.69 Å². The van der Waals surface area contributed by atoms with E-state index >= 15 is 0 Å². The van der Waals surface area contributed by atoms with Crippen molar-refractivity contribution >= 4 is 33.2 Å². The number of ether oxygens (including phenoxy) is 1. The SMILES string of the molecule is COc1ccc(Cl)cc1NC(C)c1ccc(Br)cc1. The molecule has 0 fully saturated rings. The van der Waals surface area contributed by atoms with Crippen LogP contribution in [0.15, 0.2) is 46.9 Å². The minimum Gasteiger partial charge on any atom is -0.495 e. The first-order valence-corrected chi connectivity index (χ1v) is 7.13. The highest BCUT2D eigenvalue weighted by atomic mass is 79.9. The van der Waals surface area contributed by atoms with Crippen LogP contribution < -0.4 is 10.1 Å². The predicted octanol–water partition coefficient (Wildman–Crippen LogP) is 5.28. The third kappa shape index (κ3) is 3.64. The molecule has 0 amide bonds. The Balaban J connectivity index is 2.20. The second kappa shape index (κ2) is 6.31. The lowest BCUT2D eigenvalue weighted by molar-refractivity contribution is 0.416. The van der Waals surface area contributed by atoms with Crippen molar-refractivity contribution in [3.05, 3.63) is 57.5 Å². The molecule has 0 aromatic heterocycles. The van der Waals surface area contributed by atoms with Gasteiger partial charge < -0.3 is 10.1 Å². The van der Waals surface area contributed by atoms with E-state index in [9.17, 15) is 0 Å². The van der Waals surface area contributed by atoms with Gasteiger partial charge >= 0.3 is 0 Å². The summed E-state index contributed by atoms with van der Waals surface area (Å²) in [6.45, 7) is 2.10. The molecule has 2 nitrogen and oxygen atoms in total. The van der Waals surface area contributed by atoms with Crippen LogP contribution in [0.3, 0.4) is 0 Å². The zero-order chi connectivity index (χ0) is 13.8. The van der Waals surface area contributed by atoms with E-state index in [2.05, 4.69) is 40.3 Å². The molecule has 1 atom stereocenters. The highest BCUT2D eigenvalue weighted by molar-refractivity contribution is 9.10. The molecule has 0 saturated heterocycles. The maximum Gasteiger partial charge on any atom is 0.142 e. The predicted molar refractivity (Wildman–Crippen MR) is 84.2 cm³/mol. The van der Waals surface area contributed by atoms with E-state index in [0.29, 0.717) is 5.02 Å². The van der Waals surface area contributed by atoms with Gasteiger partial charge in [0.15, 0.2) is 0 Å². The fraction of sp³-hybridized carbons (Fsp3) is 0.200. The first-order chi connectivity index (χ1) is 9.10. The van der Waals surface area contributed by atoms with Crippen LogP contribution in [0, 0.1) is 0 Å². The fourth-order valence-corrected chi connectivity index (χ4v) is 2.30. The maximum atomic E-state index is 6.02. The first-order valence-electron chi connectivity index (χ1n) is 5.95. The van der Waals surface area contributed by atoms with Crippen LogP contribution in [-0.4, -0.2) is 7.11 Å². The smallest absolute Gasteiger partial charge is 0.142 e. The van der Waals surface area contributed by atoms with Crippen molar-refractivity contribution in [2.24, 2.45) is 0 Å². The Morgan fingerprint density at radius 2 is 1.84 bits per heavy atom. The second-order valence-electron chi connectivity index (χ2n) is 4.26. The molecule has 0 saturated carbocycles. The third-order valence-corrected chi connectivity index (χ3v) is 3.67. The summed E-state index contributed by atoms with van der Waals surface area (Å²) in [5.74, 6) is 0.786. The zero-order valence-corrected chi connectivity index (χ0v) is 13.1. The largest absolute Gasteiger partial charge is 0.495 e. The lowest BCUT2D eigenvalue weighted by Crippen LogP contribution is -2.07. The summed E-state index contributed by atoms with van der Waals surface area (Å²) >= 11 is 9.46. The number of benzene rings is 2. The van der Waals surface area contributed by atoms with Crippen LogP contribution in [0.2, 0.25) is 5.02 Å². The molecule has 100 valence electrons. The van der Waals surface area contributed by atoms with E-state index < -0.39 is 0 Å². The maximum absolute atomic E-state index is 6.02. The lowest BCUT2D eigenvalue weighted by Gasteiger charge is -2.18. The molecule has 1 N–H and O–H groups in total. The molecule has 1 unspecified atom stereocenters. The van der Waals surface area contributed by atoms with E-state index in [1.807, 2.05) is 30.3 Å². The van der Waals surface area contributed by atoms with Gasteiger partial charge in [-0.2, -0.15) is 0 Å². The number of hydrogen-bond donors (Lipinski definition) is 1. The van der Waals surface area contributed by atoms with Crippen LogP contribution in [-0.2, 0) is 0 Å². The molecule has 2 rings (SSSR count). The van der Waals surface area contributed by atoms with E-state index in [-0.39, 0.29) is 6.04 Å². The molecule has 0 radical (unpaired) electrons. The number of rotatable bonds is 4. The minimum absolute atomic E-state index is 0.167. The van der Waals surface area contributed by atoms with Crippen molar-refractivity contribution in [2.45, 2.75) is 13.0 Å². The van der Waals surface area contributed by atoms with Crippen LogP contribution in [0.25, 0.3) is 0 Å². The first kappa shape index (κ1) is 14.2. The van der Waals surface area contributed by atoms with Crippen molar-refractivity contribution in [3.8, 4) is 5.75 Å². The fourth-order valence-electron chi connectivity index (χ4n) is 1.86. The summed E-state index contributed by atoms with van der Waals surface area (Å²) in [6.07, 6.45) is 0. The average Bonchev–Trinajstić information content (AvgIpc) is 2.39. The monoisotopic (exact) mass is 339 g/mol. The molecular formula is C15H15BrClNO. The molecule has 19 heavy (non-hydrogen) atoms. The Morgan fingerprint density at radius 1 is 1.16 bits per heavy atom. The molecule has 4 heteroatoms. The van der Waals surface area contributed by atoms with Gasteiger partial charge in [-0.25, -0.2) is 0 Å². The quantitative estimate of drug-likeness (QED) is 0.817. The zero-order valence-electron chi connectivity index (χ0n) is 10.8. The van der Waals surface area contributed by atoms with Gasteiger partial charge in [-0.1, -0.05) is 39.7 Å². The Morgan fingerprint density at radius 3 is 2.47 bits per heavy atom. The summed E-state index contributed by atoms with van der Waals surface area (Å²) in [4.78, 5) is 0. The summed E-state index contributed by atoms with van der Waals surface area (Å²) < 4.78 is 6.40. The van der Waals surface area contributed by atoms with Gasteiger partial charge in [0.2, 0.25) is 0 Å². The van der Waals surface area contributed by atoms with Crippen molar-refractivity contribution < 1.29 is 4.74 Å². The highest BCUT2D eigenvalue weighted by Crippen LogP contribution is 2.31. The normalized spacial score (nSPS) is 12.0. The minimum atomic E-state index is 0.167. The van der Waals surface area contributed by atoms with Crippen molar-refractivity contribution in [3.63, 3.8) is 0 Å². The van der Waals surface area contributed by atoms with E-state index in [4.69, 9.17) is 16.3 Å². The van der Waals surface area contributed by atoms with Gasteiger partial charge in [0.25, 0.3) is 0 Å². The summed E-state index contributed by atoms with van der Waals surface area (Å²) in [5, 5.41) is 4.10. The van der Waals surface area contributed by atoms with E-state index in [1.165, 1.54) is 5.56 Å². The van der Waals surface area contributed by atoms with Crippen LogP contribution in [0.1, 0.15) is 18.5 Å². The Labute approximate surface area is 126 Å². The van der Waals surface area contributed by atoms with Gasteiger partial charge in [0.1, 0.15) is 5.75 Å². The average molecular weight is 341 g/mol. The molecule has 0 aliphatic heterocycles. The number of methoxy groups -OCH3 is 1. The van der Waals surface area contributed by atoms with Crippen molar-refractivity contribution in [2.75, 3.05) is 12.4 Å². The molecule has 0 aliphatic rings. The lowest BCUT2D eigenvalue weighted by atomic mass is 10.1. The number of hydrogen-bond acceptors (Lipinski definition) is 2. The van der Waals surface area contributed by atoms with E-state index in [0.717, 1.165) is 15.9 Å². The number of nitrogens with one attached hydrogen (secondary N) is 1. The topological polar surface area (TPSA) is 21.3 Å². The van der Waals surface area contributed by atoms with Gasteiger partial charge in [-0.05, 0) is 42.8 Å². The van der Waals surface area contributed by atoms with Crippen LogP contribution in [0.5, 0.6) is 5.75 Å². The summed E-state index contributed by atoms with van der Waals surface area (Å²) in [6, 6.07) is 13.9. The second-order valence-corrected chi connectivity index (χ2v) is 5.61. The molecule has 2 aromatic rings. The molecular weight excluding hydrogens is 326 g/mol. The molecule has 2 aromatic carbocycles. The standard InChI is InChI=1S/C15H15BrClNO/c1-10(11-3-5-12(16)6-4-11)18-14-9-13(17)7-8-15(14)19-2/h3-10,18H,1-2H3. The van der Waals surface area contributed by atoms with E-state index in [1.54, 1.807) is 7.11 Å².